The molecular weight excluding hydrogens is 258 g/mol. The second-order valence-corrected chi connectivity index (χ2v) is 4.25. The van der Waals surface area contributed by atoms with Crippen molar-refractivity contribution in [2.45, 2.75) is 19.0 Å². The molecule has 1 aromatic heterocycles. The zero-order valence-electron chi connectivity index (χ0n) is 10.1. The number of benzene rings is 1. The second-order valence-electron chi connectivity index (χ2n) is 4.25. The first kappa shape index (κ1) is 13.5. The zero-order chi connectivity index (χ0) is 14.0. The summed E-state index contributed by atoms with van der Waals surface area (Å²) in [6.45, 7) is 1.83. The molecule has 0 bridgehead atoms. The molecule has 0 aliphatic heterocycles. The smallest absolute Gasteiger partial charge is 0.251 e. The highest BCUT2D eigenvalue weighted by atomic mass is 19.4. The molecule has 0 aliphatic rings. The molecule has 1 unspecified atom stereocenters. The number of aromatic nitrogens is 1. The van der Waals surface area contributed by atoms with Gasteiger partial charge in [-0.05, 0) is 29.3 Å². The first-order valence-corrected chi connectivity index (χ1v) is 5.66. The van der Waals surface area contributed by atoms with Crippen LogP contribution in [0.2, 0.25) is 0 Å². The lowest BCUT2D eigenvalue weighted by Gasteiger charge is -2.13. The van der Waals surface area contributed by atoms with Gasteiger partial charge in [-0.1, -0.05) is 25.1 Å². The summed E-state index contributed by atoms with van der Waals surface area (Å²) in [6.07, 6.45) is -3.23. The van der Waals surface area contributed by atoms with Crippen LogP contribution in [0, 0.1) is 5.82 Å². The van der Waals surface area contributed by atoms with Crippen LogP contribution >= 0.6 is 0 Å². The van der Waals surface area contributed by atoms with E-state index < -0.39 is 11.9 Å². The molecule has 2 aromatic rings. The van der Waals surface area contributed by atoms with Crippen LogP contribution in [0.1, 0.15) is 29.7 Å². The normalized spacial score (nSPS) is 13.3. The second kappa shape index (κ2) is 4.99. The van der Waals surface area contributed by atoms with E-state index in [0.717, 1.165) is 11.6 Å². The number of nitrogens with zero attached hydrogens (tertiary/aromatic N) is 1. The molecule has 1 heterocycles. The topological polar surface area (TPSA) is 12.9 Å². The fourth-order valence-electron chi connectivity index (χ4n) is 1.77. The van der Waals surface area contributed by atoms with Crippen molar-refractivity contribution >= 4 is 0 Å². The first-order chi connectivity index (χ1) is 8.88. The molecule has 1 aromatic carbocycles. The average Bonchev–Trinajstić information content (AvgIpc) is 2.38. The predicted octanol–water partition coefficient (Wildman–Crippen LogP) is 4.39. The summed E-state index contributed by atoms with van der Waals surface area (Å²) in [5, 5.41) is 0. The molecular formula is C14H11F4N. The maximum atomic E-state index is 12.8. The van der Waals surface area contributed by atoms with Gasteiger partial charge in [-0.15, -0.1) is 0 Å². The summed E-state index contributed by atoms with van der Waals surface area (Å²) in [4.78, 5) is 3.42. The van der Waals surface area contributed by atoms with E-state index in [4.69, 9.17) is 0 Å². The van der Waals surface area contributed by atoms with Crippen molar-refractivity contribution in [3.8, 4) is 0 Å². The summed E-state index contributed by atoms with van der Waals surface area (Å²) >= 11 is 0. The van der Waals surface area contributed by atoms with Gasteiger partial charge in [0, 0.05) is 12.1 Å². The summed E-state index contributed by atoms with van der Waals surface area (Å²) in [7, 11) is 0. The molecule has 100 valence electrons. The highest BCUT2D eigenvalue weighted by Gasteiger charge is 2.32. The molecule has 0 aliphatic carbocycles. The summed E-state index contributed by atoms with van der Waals surface area (Å²) in [5.74, 6) is -0.489. The third-order valence-corrected chi connectivity index (χ3v) is 2.95. The number of halogens is 4. The molecule has 2 rings (SSSR count). The van der Waals surface area contributed by atoms with E-state index in [0.29, 0.717) is 5.56 Å². The van der Waals surface area contributed by atoms with Crippen LogP contribution in [-0.2, 0) is 6.18 Å². The molecule has 0 fully saturated rings. The Morgan fingerprint density at radius 1 is 0.947 bits per heavy atom. The molecule has 1 atom stereocenters. The molecule has 5 heteroatoms. The lowest BCUT2D eigenvalue weighted by Crippen LogP contribution is -2.08. The minimum atomic E-state index is -4.43. The van der Waals surface area contributed by atoms with Gasteiger partial charge in [-0.25, -0.2) is 4.39 Å². The predicted molar refractivity (Wildman–Crippen MR) is 63.2 cm³/mol. The Hall–Kier alpha value is -1.91. The van der Waals surface area contributed by atoms with Gasteiger partial charge >= 0.3 is 6.18 Å². The van der Waals surface area contributed by atoms with Gasteiger partial charge < -0.3 is 0 Å². The molecule has 0 amide bonds. The first-order valence-electron chi connectivity index (χ1n) is 5.66. The van der Waals surface area contributed by atoms with Crippen LogP contribution < -0.4 is 0 Å². The van der Waals surface area contributed by atoms with Crippen LogP contribution in [0.25, 0.3) is 0 Å². The number of rotatable bonds is 2. The molecule has 0 saturated carbocycles. The fraction of sp³-hybridized carbons (Fsp3) is 0.214. The SMILES string of the molecule is CC(c1ccc(F)cc1)c1ccc(C(F)(F)F)nc1. The van der Waals surface area contributed by atoms with Crippen molar-refractivity contribution in [1.29, 1.82) is 0 Å². The van der Waals surface area contributed by atoms with E-state index in [-0.39, 0.29) is 11.7 Å². The number of alkyl halides is 3. The lowest BCUT2D eigenvalue weighted by molar-refractivity contribution is -0.141. The van der Waals surface area contributed by atoms with Crippen molar-refractivity contribution in [3.63, 3.8) is 0 Å². The standard InChI is InChI=1S/C14H11F4N/c1-9(10-2-5-12(15)6-3-10)11-4-7-13(19-8-11)14(16,17)18/h2-9H,1H3. The molecule has 0 saturated heterocycles. The molecule has 19 heavy (non-hydrogen) atoms. The van der Waals surface area contributed by atoms with Crippen molar-refractivity contribution in [1.82, 2.24) is 4.98 Å². The highest BCUT2D eigenvalue weighted by molar-refractivity contribution is 5.31. The van der Waals surface area contributed by atoms with E-state index in [1.165, 1.54) is 24.4 Å². The third-order valence-electron chi connectivity index (χ3n) is 2.95. The summed E-state index contributed by atoms with van der Waals surface area (Å²) in [5.41, 5.74) is 0.560. The Morgan fingerprint density at radius 3 is 2.00 bits per heavy atom. The van der Waals surface area contributed by atoms with Gasteiger partial charge in [-0.3, -0.25) is 4.98 Å². The van der Waals surface area contributed by atoms with Crippen molar-refractivity contribution in [2.75, 3.05) is 0 Å². The largest absolute Gasteiger partial charge is 0.433 e. The van der Waals surface area contributed by atoms with Gasteiger partial charge in [0.25, 0.3) is 0 Å². The molecule has 0 radical (unpaired) electrons. The van der Waals surface area contributed by atoms with E-state index in [1.807, 2.05) is 6.92 Å². The minimum Gasteiger partial charge on any atom is -0.251 e. The van der Waals surface area contributed by atoms with Gasteiger partial charge in [-0.2, -0.15) is 13.2 Å². The number of hydrogen-bond donors (Lipinski definition) is 0. The van der Waals surface area contributed by atoms with E-state index in [1.54, 1.807) is 12.1 Å². The van der Waals surface area contributed by atoms with Crippen LogP contribution in [0.15, 0.2) is 42.6 Å². The van der Waals surface area contributed by atoms with Crippen molar-refractivity contribution in [3.05, 3.63) is 65.2 Å². The fourth-order valence-corrected chi connectivity index (χ4v) is 1.77. The molecule has 0 spiro atoms. The van der Waals surface area contributed by atoms with Gasteiger partial charge in [0.2, 0.25) is 0 Å². The summed E-state index contributed by atoms with van der Waals surface area (Å²) in [6, 6.07) is 8.21. The maximum Gasteiger partial charge on any atom is 0.433 e. The van der Waals surface area contributed by atoms with Crippen molar-refractivity contribution < 1.29 is 17.6 Å². The Bertz CT molecular complexity index is 543. The number of hydrogen-bond acceptors (Lipinski definition) is 1. The van der Waals surface area contributed by atoms with E-state index in [2.05, 4.69) is 4.98 Å². The Balaban J connectivity index is 2.25. The molecule has 1 nitrogen and oxygen atoms in total. The molecule has 0 N–H and O–H groups in total. The minimum absolute atomic E-state index is 0.143. The monoisotopic (exact) mass is 269 g/mol. The quantitative estimate of drug-likeness (QED) is 0.737. The maximum absolute atomic E-state index is 12.8. The number of pyridine rings is 1. The van der Waals surface area contributed by atoms with Gasteiger partial charge in [0.05, 0.1) is 0 Å². The van der Waals surface area contributed by atoms with Crippen molar-refractivity contribution in [2.24, 2.45) is 0 Å². The summed E-state index contributed by atoms with van der Waals surface area (Å²) < 4.78 is 50.0. The van der Waals surface area contributed by atoms with Crippen LogP contribution in [-0.4, -0.2) is 4.98 Å². The van der Waals surface area contributed by atoms with Gasteiger partial charge in [0.15, 0.2) is 0 Å². The third kappa shape index (κ3) is 3.10. The van der Waals surface area contributed by atoms with Crippen LogP contribution in [0.4, 0.5) is 17.6 Å². The van der Waals surface area contributed by atoms with Crippen LogP contribution in [0.5, 0.6) is 0 Å². The Labute approximate surface area is 107 Å². The Kier molecular flexibility index (Phi) is 3.55. The van der Waals surface area contributed by atoms with E-state index >= 15 is 0 Å². The Morgan fingerprint density at radius 2 is 1.53 bits per heavy atom. The van der Waals surface area contributed by atoms with E-state index in [9.17, 15) is 17.6 Å². The zero-order valence-corrected chi connectivity index (χ0v) is 10.1. The van der Waals surface area contributed by atoms with Gasteiger partial charge in [0.1, 0.15) is 11.5 Å². The van der Waals surface area contributed by atoms with Crippen LogP contribution in [0.3, 0.4) is 0 Å². The average molecular weight is 269 g/mol. The lowest BCUT2D eigenvalue weighted by atomic mass is 9.94. The highest BCUT2D eigenvalue weighted by Crippen LogP contribution is 2.29.